The van der Waals surface area contributed by atoms with E-state index in [0.29, 0.717) is 11.5 Å². The molecule has 1 heterocycles. The van der Waals surface area contributed by atoms with Crippen molar-refractivity contribution in [1.29, 1.82) is 0 Å². The summed E-state index contributed by atoms with van der Waals surface area (Å²) in [6.07, 6.45) is 3.16. The van der Waals surface area contributed by atoms with Crippen molar-refractivity contribution in [3.8, 4) is 0 Å². The fraction of sp³-hybridized carbons (Fsp3) is 1.00. The molecule has 4 heteroatoms. The van der Waals surface area contributed by atoms with Crippen LogP contribution in [0.4, 0.5) is 0 Å². The van der Waals surface area contributed by atoms with Gasteiger partial charge < -0.3 is 20.1 Å². The summed E-state index contributed by atoms with van der Waals surface area (Å²) in [6.45, 7) is 12.9. The molecule has 114 valence electrons. The predicted octanol–water partition coefficient (Wildman–Crippen LogP) is 1.49. The van der Waals surface area contributed by atoms with Crippen molar-refractivity contribution in [2.45, 2.75) is 46.1 Å². The minimum Gasteiger partial charge on any atom is -0.396 e. The van der Waals surface area contributed by atoms with Crippen LogP contribution >= 0.6 is 0 Å². The van der Waals surface area contributed by atoms with Crippen LogP contribution < -0.4 is 5.32 Å². The molecule has 0 radical (unpaired) electrons. The van der Waals surface area contributed by atoms with Gasteiger partial charge in [-0.3, -0.25) is 0 Å². The minimum atomic E-state index is 0.289. The van der Waals surface area contributed by atoms with Gasteiger partial charge in [0.25, 0.3) is 0 Å². The number of hydrogen-bond donors (Lipinski definition) is 2. The lowest BCUT2D eigenvalue weighted by Gasteiger charge is -2.41. The number of hydrogen-bond acceptors (Lipinski definition) is 4. The van der Waals surface area contributed by atoms with Crippen LogP contribution in [-0.4, -0.2) is 62.0 Å². The smallest absolute Gasteiger partial charge is 0.0472 e. The highest BCUT2D eigenvalue weighted by atomic mass is 16.5. The van der Waals surface area contributed by atoms with Crippen LogP contribution in [0.5, 0.6) is 0 Å². The van der Waals surface area contributed by atoms with Crippen LogP contribution in [0.3, 0.4) is 0 Å². The Balaban J connectivity index is 2.55. The minimum absolute atomic E-state index is 0.289. The van der Waals surface area contributed by atoms with E-state index in [1.54, 1.807) is 0 Å². The lowest BCUT2D eigenvalue weighted by molar-refractivity contribution is -0.00519. The highest BCUT2D eigenvalue weighted by Gasteiger charge is 2.33. The normalized spacial score (nSPS) is 19.3. The van der Waals surface area contributed by atoms with E-state index in [2.05, 4.69) is 31.0 Å². The first-order valence-electron chi connectivity index (χ1n) is 7.76. The van der Waals surface area contributed by atoms with E-state index >= 15 is 0 Å². The first-order chi connectivity index (χ1) is 9.12. The zero-order chi connectivity index (χ0) is 14.1. The van der Waals surface area contributed by atoms with Crippen molar-refractivity contribution in [2.24, 2.45) is 5.41 Å². The van der Waals surface area contributed by atoms with Gasteiger partial charge in [0.1, 0.15) is 0 Å². The van der Waals surface area contributed by atoms with Crippen molar-refractivity contribution < 1.29 is 9.84 Å². The Kier molecular flexibility index (Phi) is 7.91. The maximum Gasteiger partial charge on any atom is 0.0472 e. The average Bonchev–Trinajstić information content (AvgIpc) is 2.42. The molecule has 19 heavy (non-hydrogen) atoms. The zero-order valence-corrected chi connectivity index (χ0v) is 13.0. The number of ether oxygens (including phenoxy) is 1. The second-order valence-electron chi connectivity index (χ2n) is 6.09. The number of aliphatic hydroxyl groups excluding tert-OH is 1. The Labute approximate surface area is 118 Å². The topological polar surface area (TPSA) is 44.7 Å². The molecule has 0 aromatic rings. The standard InChI is InChI=1S/C15H32N2O2/c1-4-17(8-5-9-18)13-15(12-16-14(2)3)6-10-19-11-7-15/h14,16,18H,4-13H2,1-3H3. The highest BCUT2D eigenvalue weighted by molar-refractivity contribution is 4.87. The van der Waals surface area contributed by atoms with E-state index in [4.69, 9.17) is 9.84 Å². The maximum absolute atomic E-state index is 9.00. The monoisotopic (exact) mass is 272 g/mol. The molecule has 0 amide bonds. The van der Waals surface area contributed by atoms with Gasteiger partial charge >= 0.3 is 0 Å². The Bertz CT molecular complexity index is 228. The van der Waals surface area contributed by atoms with Crippen molar-refractivity contribution in [1.82, 2.24) is 10.2 Å². The molecular formula is C15H32N2O2. The molecule has 0 aliphatic carbocycles. The van der Waals surface area contributed by atoms with Crippen LogP contribution in [-0.2, 0) is 4.74 Å². The third kappa shape index (κ3) is 6.21. The lowest BCUT2D eigenvalue weighted by Crippen LogP contribution is -2.48. The molecule has 1 aliphatic rings. The fourth-order valence-electron chi connectivity index (χ4n) is 2.73. The van der Waals surface area contributed by atoms with Gasteiger partial charge in [-0.1, -0.05) is 20.8 Å². The van der Waals surface area contributed by atoms with Crippen LogP contribution in [0.15, 0.2) is 0 Å². The van der Waals surface area contributed by atoms with Crippen molar-refractivity contribution in [3.63, 3.8) is 0 Å². The molecule has 0 aromatic carbocycles. The molecule has 1 rings (SSSR count). The van der Waals surface area contributed by atoms with Gasteiger partial charge in [-0.15, -0.1) is 0 Å². The molecule has 1 fully saturated rings. The molecule has 0 aromatic heterocycles. The average molecular weight is 272 g/mol. The molecule has 0 bridgehead atoms. The van der Waals surface area contributed by atoms with Gasteiger partial charge in [-0.25, -0.2) is 0 Å². The van der Waals surface area contributed by atoms with Crippen LogP contribution in [0.2, 0.25) is 0 Å². The molecule has 2 N–H and O–H groups in total. The Morgan fingerprint density at radius 3 is 2.53 bits per heavy atom. The summed E-state index contributed by atoms with van der Waals surface area (Å²) in [7, 11) is 0. The van der Waals surface area contributed by atoms with Crippen LogP contribution in [0.25, 0.3) is 0 Å². The van der Waals surface area contributed by atoms with E-state index in [1.807, 2.05) is 0 Å². The second-order valence-corrected chi connectivity index (χ2v) is 6.09. The summed E-state index contributed by atoms with van der Waals surface area (Å²) in [4.78, 5) is 2.48. The predicted molar refractivity (Wildman–Crippen MR) is 79.4 cm³/mol. The van der Waals surface area contributed by atoms with E-state index in [0.717, 1.165) is 58.7 Å². The summed E-state index contributed by atoms with van der Waals surface area (Å²) >= 11 is 0. The largest absolute Gasteiger partial charge is 0.396 e. The van der Waals surface area contributed by atoms with Crippen molar-refractivity contribution in [2.75, 3.05) is 46.0 Å². The first kappa shape index (κ1) is 16.9. The van der Waals surface area contributed by atoms with Gasteiger partial charge in [-0.2, -0.15) is 0 Å². The summed E-state index contributed by atoms with van der Waals surface area (Å²) in [5.41, 5.74) is 0.341. The quantitative estimate of drug-likeness (QED) is 0.667. The number of rotatable bonds is 9. The van der Waals surface area contributed by atoms with Crippen LogP contribution in [0, 0.1) is 5.41 Å². The SMILES string of the molecule is CCN(CCCO)CC1(CNC(C)C)CCOCC1. The van der Waals surface area contributed by atoms with E-state index < -0.39 is 0 Å². The summed E-state index contributed by atoms with van der Waals surface area (Å²) < 4.78 is 5.54. The van der Waals surface area contributed by atoms with Gasteiger partial charge in [0.15, 0.2) is 0 Å². The van der Waals surface area contributed by atoms with Gasteiger partial charge in [-0.05, 0) is 31.2 Å². The summed E-state index contributed by atoms with van der Waals surface area (Å²) in [5, 5.41) is 12.6. The molecule has 1 aliphatic heterocycles. The Morgan fingerprint density at radius 2 is 2.00 bits per heavy atom. The highest BCUT2D eigenvalue weighted by Crippen LogP contribution is 2.31. The first-order valence-corrected chi connectivity index (χ1v) is 7.76. The zero-order valence-electron chi connectivity index (χ0n) is 13.0. The molecule has 1 saturated heterocycles. The summed E-state index contributed by atoms with van der Waals surface area (Å²) in [6, 6.07) is 0.534. The van der Waals surface area contributed by atoms with Gasteiger partial charge in [0, 0.05) is 45.5 Å². The molecule has 0 spiro atoms. The second kappa shape index (κ2) is 8.90. The van der Waals surface area contributed by atoms with E-state index in [1.165, 1.54) is 0 Å². The van der Waals surface area contributed by atoms with Crippen LogP contribution in [0.1, 0.15) is 40.0 Å². The Hall–Kier alpha value is -0.160. The van der Waals surface area contributed by atoms with E-state index in [9.17, 15) is 0 Å². The fourth-order valence-corrected chi connectivity index (χ4v) is 2.73. The van der Waals surface area contributed by atoms with Crippen molar-refractivity contribution in [3.05, 3.63) is 0 Å². The molecule has 0 atom stereocenters. The molecule has 4 nitrogen and oxygen atoms in total. The maximum atomic E-state index is 9.00. The third-order valence-electron chi connectivity index (χ3n) is 4.08. The van der Waals surface area contributed by atoms with Crippen molar-refractivity contribution >= 4 is 0 Å². The molecule has 0 unspecified atom stereocenters. The number of nitrogens with zero attached hydrogens (tertiary/aromatic N) is 1. The summed E-state index contributed by atoms with van der Waals surface area (Å²) in [5.74, 6) is 0. The third-order valence-corrected chi connectivity index (χ3v) is 4.08. The Morgan fingerprint density at radius 1 is 1.32 bits per heavy atom. The number of aliphatic hydroxyl groups is 1. The molecule has 0 saturated carbocycles. The lowest BCUT2D eigenvalue weighted by atomic mass is 9.79. The van der Waals surface area contributed by atoms with E-state index in [-0.39, 0.29) is 6.61 Å². The van der Waals surface area contributed by atoms with Gasteiger partial charge in [0.05, 0.1) is 0 Å². The number of nitrogens with one attached hydrogen (secondary N) is 1. The van der Waals surface area contributed by atoms with Gasteiger partial charge in [0.2, 0.25) is 0 Å². The molecular weight excluding hydrogens is 240 g/mol.